The number of rotatable bonds is 6. The van der Waals surface area contributed by atoms with E-state index in [4.69, 9.17) is 51.8 Å². The zero-order valence-corrected chi connectivity index (χ0v) is 20.8. The molecular formula is C19H19Cl3IN3O2S. The quantitative estimate of drug-likeness (QED) is 0.194. The molecule has 29 heavy (non-hydrogen) atoms. The van der Waals surface area contributed by atoms with Crippen LogP contribution in [0.4, 0.5) is 5.69 Å². The highest BCUT2D eigenvalue weighted by Crippen LogP contribution is 2.29. The first-order valence-corrected chi connectivity index (χ1v) is 11.0. The summed E-state index contributed by atoms with van der Waals surface area (Å²) < 4.78 is 4.40. The summed E-state index contributed by atoms with van der Waals surface area (Å²) in [6, 6.07) is 13.0. The summed E-state index contributed by atoms with van der Waals surface area (Å²) in [5.41, 5.74) is 2.62. The first-order valence-electron chi connectivity index (χ1n) is 8.41. The Hall–Kier alpha value is -1.000. The standard InChI is InChI=1S/C19H19Cl3IN3O2S/c1-11-9-13(23)5-8-15(11)24-18(29)26-17(19(20,21)22)25-16(27)10-12-3-6-14(28-2)7-4-12/h3-9,17H,10H2,1-2H3,(H,25,27)(H2,24,26,29). The molecule has 1 unspecified atom stereocenters. The molecule has 0 aliphatic rings. The zero-order chi connectivity index (χ0) is 21.6. The van der Waals surface area contributed by atoms with E-state index in [0.29, 0.717) is 5.75 Å². The lowest BCUT2D eigenvalue weighted by molar-refractivity contribution is -0.121. The minimum Gasteiger partial charge on any atom is -0.497 e. The number of amides is 1. The first-order chi connectivity index (χ1) is 13.6. The number of aryl methyl sites for hydroxylation is 1. The van der Waals surface area contributed by atoms with E-state index < -0.39 is 9.96 Å². The van der Waals surface area contributed by atoms with Crippen LogP contribution in [0.25, 0.3) is 0 Å². The number of hydrogen-bond acceptors (Lipinski definition) is 3. The van der Waals surface area contributed by atoms with Gasteiger partial charge < -0.3 is 20.7 Å². The largest absolute Gasteiger partial charge is 0.497 e. The molecule has 0 fully saturated rings. The Kier molecular flexibility index (Phi) is 9.09. The Bertz CT molecular complexity index is 876. The molecule has 156 valence electrons. The minimum atomic E-state index is -1.82. The third-order valence-electron chi connectivity index (χ3n) is 3.87. The minimum absolute atomic E-state index is 0.110. The number of methoxy groups -OCH3 is 1. The van der Waals surface area contributed by atoms with E-state index in [-0.39, 0.29) is 17.4 Å². The lowest BCUT2D eigenvalue weighted by Crippen LogP contribution is -2.56. The van der Waals surface area contributed by atoms with E-state index in [0.717, 1.165) is 20.4 Å². The number of anilines is 1. The van der Waals surface area contributed by atoms with Gasteiger partial charge in [0.25, 0.3) is 0 Å². The summed E-state index contributed by atoms with van der Waals surface area (Å²) in [4.78, 5) is 12.4. The molecule has 0 bridgehead atoms. The summed E-state index contributed by atoms with van der Waals surface area (Å²) >= 11 is 25.6. The summed E-state index contributed by atoms with van der Waals surface area (Å²) in [5, 5.41) is 8.79. The molecule has 3 N–H and O–H groups in total. The number of benzene rings is 2. The molecule has 10 heteroatoms. The number of thiocarbonyl (C=S) groups is 1. The predicted molar refractivity (Wildman–Crippen MR) is 132 cm³/mol. The third kappa shape index (κ3) is 7.97. The zero-order valence-electron chi connectivity index (χ0n) is 15.6. The normalized spacial score (nSPS) is 12.1. The Morgan fingerprint density at radius 1 is 1.17 bits per heavy atom. The highest BCUT2D eigenvalue weighted by Gasteiger charge is 2.34. The van der Waals surface area contributed by atoms with Crippen molar-refractivity contribution in [3.8, 4) is 5.75 Å². The van der Waals surface area contributed by atoms with Crippen LogP contribution in [0.15, 0.2) is 42.5 Å². The van der Waals surface area contributed by atoms with Gasteiger partial charge in [-0.05, 0) is 83.2 Å². The fourth-order valence-corrected chi connectivity index (χ4v) is 3.60. The van der Waals surface area contributed by atoms with Gasteiger partial charge in [0.05, 0.1) is 13.5 Å². The van der Waals surface area contributed by atoms with Crippen molar-refractivity contribution >= 4 is 86.3 Å². The van der Waals surface area contributed by atoms with Gasteiger partial charge in [-0.3, -0.25) is 4.79 Å². The lowest BCUT2D eigenvalue weighted by Gasteiger charge is -2.28. The third-order valence-corrected chi connectivity index (χ3v) is 5.41. The molecule has 0 aromatic heterocycles. The molecule has 2 aromatic rings. The molecule has 0 radical (unpaired) electrons. The summed E-state index contributed by atoms with van der Waals surface area (Å²) in [6.45, 7) is 1.95. The van der Waals surface area contributed by atoms with Crippen LogP contribution in [-0.4, -0.2) is 28.1 Å². The molecule has 2 rings (SSSR count). The maximum atomic E-state index is 12.4. The lowest BCUT2D eigenvalue weighted by atomic mass is 10.1. The molecule has 0 aliphatic heterocycles. The first kappa shape index (κ1) is 24.3. The van der Waals surface area contributed by atoms with Gasteiger partial charge in [-0.2, -0.15) is 0 Å². The highest BCUT2D eigenvalue weighted by molar-refractivity contribution is 14.1. The van der Waals surface area contributed by atoms with E-state index in [1.54, 1.807) is 31.4 Å². The van der Waals surface area contributed by atoms with Crippen LogP contribution >= 0.6 is 69.6 Å². The highest BCUT2D eigenvalue weighted by atomic mass is 127. The van der Waals surface area contributed by atoms with Crippen molar-refractivity contribution in [1.82, 2.24) is 10.6 Å². The van der Waals surface area contributed by atoms with Crippen LogP contribution in [0.3, 0.4) is 0 Å². The average molecular weight is 587 g/mol. The topological polar surface area (TPSA) is 62.4 Å². The van der Waals surface area contributed by atoms with Crippen molar-refractivity contribution in [3.63, 3.8) is 0 Å². The number of carbonyl (C=O) groups is 1. The molecule has 1 atom stereocenters. The number of halogens is 4. The van der Waals surface area contributed by atoms with Crippen molar-refractivity contribution in [3.05, 3.63) is 57.2 Å². The number of carbonyl (C=O) groups excluding carboxylic acids is 1. The van der Waals surface area contributed by atoms with Crippen LogP contribution in [0.2, 0.25) is 0 Å². The molecule has 0 spiro atoms. The number of alkyl halides is 3. The van der Waals surface area contributed by atoms with Gasteiger partial charge in [0.1, 0.15) is 11.9 Å². The van der Waals surface area contributed by atoms with E-state index in [1.165, 1.54) is 0 Å². The molecule has 0 saturated heterocycles. The second-order valence-electron chi connectivity index (χ2n) is 6.12. The summed E-state index contributed by atoms with van der Waals surface area (Å²) in [7, 11) is 1.58. The van der Waals surface area contributed by atoms with Crippen molar-refractivity contribution in [2.45, 2.75) is 23.3 Å². The van der Waals surface area contributed by atoms with Crippen molar-refractivity contribution in [2.24, 2.45) is 0 Å². The fraction of sp³-hybridized carbons (Fsp3) is 0.263. The van der Waals surface area contributed by atoms with E-state index >= 15 is 0 Å². The Balaban J connectivity index is 2.00. The van der Waals surface area contributed by atoms with Crippen LogP contribution in [0.5, 0.6) is 5.75 Å². The van der Waals surface area contributed by atoms with Crippen molar-refractivity contribution in [2.75, 3.05) is 12.4 Å². The van der Waals surface area contributed by atoms with Gasteiger partial charge in [-0.15, -0.1) is 0 Å². The second-order valence-corrected chi connectivity index (χ2v) is 10.1. The average Bonchev–Trinajstić information content (AvgIpc) is 2.63. The second kappa shape index (κ2) is 10.9. The maximum Gasteiger partial charge on any atom is 0.228 e. The Morgan fingerprint density at radius 2 is 1.83 bits per heavy atom. The SMILES string of the molecule is COc1ccc(CC(=O)NC(NC(=S)Nc2ccc(I)cc2C)C(Cl)(Cl)Cl)cc1. The van der Waals surface area contributed by atoms with Gasteiger partial charge in [0.15, 0.2) is 5.11 Å². The Labute approximate surface area is 203 Å². The van der Waals surface area contributed by atoms with Gasteiger partial charge in [0, 0.05) is 9.26 Å². The van der Waals surface area contributed by atoms with Crippen molar-refractivity contribution in [1.29, 1.82) is 0 Å². The van der Waals surface area contributed by atoms with Gasteiger partial charge in [0.2, 0.25) is 9.70 Å². The van der Waals surface area contributed by atoms with E-state index in [9.17, 15) is 4.79 Å². The van der Waals surface area contributed by atoms with Gasteiger partial charge in [-0.25, -0.2) is 0 Å². The van der Waals surface area contributed by atoms with Crippen molar-refractivity contribution < 1.29 is 9.53 Å². The molecule has 0 aliphatic carbocycles. The van der Waals surface area contributed by atoms with Gasteiger partial charge >= 0.3 is 0 Å². The smallest absolute Gasteiger partial charge is 0.228 e. The van der Waals surface area contributed by atoms with E-state index in [1.807, 2.05) is 25.1 Å². The molecule has 5 nitrogen and oxygen atoms in total. The number of ether oxygens (including phenoxy) is 1. The maximum absolute atomic E-state index is 12.4. The Morgan fingerprint density at radius 3 is 2.38 bits per heavy atom. The van der Waals surface area contributed by atoms with Crippen LogP contribution in [0.1, 0.15) is 11.1 Å². The fourth-order valence-electron chi connectivity index (χ4n) is 2.40. The predicted octanol–water partition coefficient (Wildman–Crippen LogP) is 4.95. The van der Waals surface area contributed by atoms with E-state index in [2.05, 4.69) is 38.5 Å². The summed E-state index contributed by atoms with van der Waals surface area (Å²) in [6.07, 6.45) is -0.915. The molecule has 1 amide bonds. The van der Waals surface area contributed by atoms with Crippen LogP contribution in [0, 0.1) is 10.5 Å². The van der Waals surface area contributed by atoms with Crippen LogP contribution in [-0.2, 0) is 11.2 Å². The van der Waals surface area contributed by atoms with Crippen LogP contribution < -0.4 is 20.7 Å². The summed E-state index contributed by atoms with van der Waals surface area (Å²) in [5.74, 6) is 0.379. The number of nitrogens with one attached hydrogen (secondary N) is 3. The monoisotopic (exact) mass is 585 g/mol. The molecule has 2 aromatic carbocycles. The molecular weight excluding hydrogens is 568 g/mol. The molecule has 0 heterocycles. The number of hydrogen-bond donors (Lipinski definition) is 3. The molecule has 0 saturated carbocycles. The van der Waals surface area contributed by atoms with Gasteiger partial charge in [-0.1, -0.05) is 46.9 Å².